The van der Waals surface area contributed by atoms with Crippen LogP contribution in [0.4, 0.5) is 0 Å². The molecule has 0 aliphatic carbocycles. The van der Waals surface area contributed by atoms with Crippen LogP contribution in [0.5, 0.6) is 0 Å². The first-order chi connectivity index (χ1) is 12.1. The Labute approximate surface area is 153 Å². The zero-order valence-corrected chi connectivity index (χ0v) is 15.8. The van der Waals surface area contributed by atoms with Gasteiger partial charge in [-0.2, -0.15) is 0 Å². The fraction of sp³-hybridized carbons (Fsp3) is 0.882. The molecule has 0 aromatic heterocycles. The molecule has 0 radical (unpaired) electrons. The molecule has 4 atom stereocenters. The lowest BCUT2D eigenvalue weighted by molar-refractivity contribution is -0.226. The number of hydrogen-bond acceptors (Lipinski definition) is 7. The van der Waals surface area contributed by atoms with Crippen LogP contribution in [0, 0.1) is 0 Å². The summed E-state index contributed by atoms with van der Waals surface area (Å²) in [5, 5.41) is 2.65. The number of likely N-dealkylation sites (tertiary alicyclic amines) is 1. The number of methoxy groups -OCH3 is 1. The summed E-state index contributed by atoms with van der Waals surface area (Å²) in [5.74, 6) is -1.93. The second-order valence-corrected chi connectivity index (χ2v) is 8.00. The van der Waals surface area contributed by atoms with E-state index in [0.717, 1.165) is 0 Å². The Morgan fingerprint density at radius 2 is 1.81 bits per heavy atom. The molecule has 148 valence electrons. The van der Waals surface area contributed by atoms with E-state index in [-0.39, 0.29) is 24.3 Å². The van der Waals surface area contributed by atoms with E-state index in [4.69, 9.17) is 24.7 Å². The molecule has 3 aliphatic rings. The molecular formula is C17H29N3O6. The summed E-state index contributed by atoms with van der Waals surface area (Å²) in [6.07, 6.45) is -0.384. The minimum absolute atomic E-state index is 0.146. The number of nitrogens with zero attached hydrogens (tertiary/aromatic N) is 1. The molecule has 9 heteroatoms. The van der Waals surface area contributed by atoms with Crippen LogP contribution in [-0.4, -0.2) is 79.4 Å². The Morgan fingerprint density at radius 3 is 2.42 bits per heavy atom. The number of piperidine rings is 1. The van der Waals surface area contributed by atoms with Gasteiger partial charge in [-0.15, -0.1) is 0 Å². The van der Waals surface area contributed by atoms with Gasteiger partial charge in [0.1, 0.15) is 18.3 Å². The summed E-state index contributed by atoms with van der Waals surface area (Å²) in [7, 11) is 1.53. The lowest BCUT2D eigenvalue weighted by atomic mass is 9.91. The smallest absolute Gasteiger partial charge is 0.311 e. The van der Waals surface area contributed by atoms with Gasteiger partial charge in [-0.1, -0.05) is 0 Å². The molecule has 0 spiro atoms. The van der Waals surface area contributed by atoms with E-state index in [1.165, 1.54) is 7.11 Å². The third-order valence-corrected chi connectivity index (χ3v) is 5.19. The van der Waals surface area contributed by atoms with Crippen LogP contribution in [0.25, 0.3) is 0 Å². The monoisotopic (exact) mass is 371 g/mol. The van der Waals surface area contributed by atoms with Crippen LogP contribution in [0.1, 0.15) is 33.6 Å². The van der Waals surface area contributed by atoms with Crippen LogP contribution in [0.2, 0.25) is 0 Å². The van der Waals surface area contributed by atoms with Crippen molar-refractivity contribution in [3.8, 4) is 0 Å². The summed E-state index contributed by atoms with van der Waals surface area (Å²) in [4.78, 5) is 26.1. The van der Waals surface area contributed by atoms with Crippen molar-refractivity contribution in [3.63, 3.8) is 0 Å². The summed E-state index contributed by atoms with van der Waals surface area (Å²) in [6, 6.07) is 0. The summed E-state index contributed by atoms with van der Waals surface area (Å²) >= 11 is 0. The molecule has 0 aromatic rings. The average Bonchev–Trinajstić information content (AvgIpc) is 3.05. The minimum atomic E-state index is -0.739. The van der Waals surface area contributed by atoms with Gasteiger partial charge in [-0.3, -0.25) is 9.59 Å². The normalized spacial score (nSPS) is 35.2. The summed E-state index contributed by atoms with van der Waals surface area (Å²) in [5.41, 5.74) is 5.79. The van der Waals surface area contributed by atoms with Gasteiger partial charge in [-0.25, -0.2) is 0 Å². The highest BCUT2D eigenvalue weighted by molar-refractivity contribution is 6.35. The van der Waals surface area contributed by atoms with Crippen molar-refractivity contribution in [2.45, 2.75) is 69.5 Å². The quantitative estimate of drug-likeness (QED) is 0.633. The van der Waals surface area contributed by atoms with Crippen molar-refractivity contribution >= 4 is 11.8 Å². The molecule has 0 saturated carbocycles. The molecule has 3 fully saturated rings. The van der Waals surface area contributed by atoms with Crippen LogP contribution >= 0.6 is 0 Å². The number of carbonyl (C=O) groups excluding carboxylic acids is 2. The highest BCUT2D eigenvalue weighted by atomic mass is 16.8. The molecule has 2 amide bonds. The van der Waals surface area contributed by atoms with Crippen molar-refractivity contribution in [2.75, 3.05) is 26.7 Å². The van der Waals surface area contributed by atoms with Gasteiger partial charge in [0, 0.05) is 32.3 Å². The standard InChI is InChI=1S/C17H29N3O6/c1-16(2)25-11-10(24-15(23-4)12(11)26-16)9-19-13(21)14(22)20-7-5-17(3,18)6-8-20/h10-12,15H,5-9,18H2,1-4H3,(H,19,21)/t10-,11-,12-,15-/m1/s1. The molecule has 0 bridgehead atoms. The van der Waals surface area contributed by atoms with Crippen molar-refractivity contribution in [3.05, 3.63) is 0 Å². The lowest BCUT2D eigenvalue weighted by Crippen LogP contribution is -2.53. The topological polar surface area (TPSA) is 112 Å². The van der Waals surface area contributed by atoms with E-state index in [2.05, 4.69) is 5.32 Å². The van der Waals surface area contributed by atoms with Crippen LogP contribution in [0.15, 0.2) is 0 Å². The van der Waals surface area contributed by atoms with Crippen LogP contribution in [-0.2, 0) is 28.5 Å². The summed E-state index contributed by atoms with van der Waals surface area (Å²) in [6.45, 7) is 6.71. The molecule has 3 aliphatic heterocycles. The van der Waals surface area contributed by atoms with Crippen molar-refractivity contribution in [2.24, 2.45) is 5.73 Å². The number of hydrogen-bond donors (Lipinski definition) is 2. The maximum Gasteiger partial charge on any atom is 0.311 e. The molecule has 3 rings (SSSR count). The van der Waals surface area contributed by atoms with E-state index < -0.39 is 30.0 Å². The number of fused-ring (bicyclic) bond motifs is 1. The first kappa shape index (κ1) is 19.5. The second kappa shape index (κ2) is 7.05. The zero-order chi connectivity index (χ0) is 19.1. The van der Waals surface area contributed by atoms with E-state index in [9.17, 15) is 9.59 Å². The SMILES string of the molecule is CO[C@@H]1O[C@H](CNC(=O)C(=O)N2CCC(C)(N)CC2)[C@H]2OC(C)(C)O[C@@H]12. The van der Waals surface area contributed by atoms with Gasteiger partial charge in [0.2, 0.25) is 0 Å². The Morgan fingerprint density at radius 1 is 1.19 bits per heavy atom. The molecule has 3 saturated heterocycles. The Hall–Kier alpha value is -1.26. The van der Waals surface area contributed by atoms with Crippen molar-refractivity contribution in [1.82, 2.24) is 10.2 Å². The third-order valence-electron chi connectivity index (χ3n) is 5.19. The number of nitrogens with one attached hydrogen (secondary N) is 1. The first-order valence-electron chi connectivity index (χ1n) is 9.02. The van der Waals surface area contributed by atoms with Gasteiger partial charge in [-0.05, 0) is 33.6 Å². The zero-order valence-electron chi connectivity index (χ0n) is 15.8. The van der Waals surface area contributed by atoms with Crippen LogP contribution < -0.4 is 11.1 Å². The minimum Gasteiger partial charge on any atom is -0.353 e. The van der Waals surface area contributed by atoms with E-state index in [1.54, 1.807) is 4.90 Å². The third kappa shape index (κ3) is 4.01. The predicted molar refractivity (Wildman–Crippen MR) is 90.9 cm³/mol. The Balaban J connectivity index is 1.52. The highest BCUT2D eigenvalue weighted by Gasteiger charge is 2.55. The fourth-order valence-corrected chi connectivity index (χ4v) is 3.63. The largest absolute Gasteiger partial charge is 0.353 e. The van der Waals surface area contributed by atoms with Gasteiger partial charge in [0.15, 0.2) is 12.1 Å². The number of carbonyl (C=O) groups is 2. The van der Waals surface area contributed by atoms with E-state index in [0.29, 0.717) is 25.9 Å². The molecular weight excluding hydrogens is 342 g/mol. The van der Waals surface area contributed by atoms with Gasteiger partial charge < -0.3 is 34.9 Å². The molecule has 0 unspecified atom stereocenters. The molecule has 0 aromatic carbocycles. The lowest BCUT2D eigenvalue weighted by Gasteiger charge is -2.36. The van der Waals surface area contributed by atoms with E-state index >= 15 is 0 Å². The molecule has 26 heavy (non-hydrogen) atoms. The number of ether oxygens (including phenoxy) is 4. The second-order valence-electron chi connectivity index (χ2n) is 8.00. The van der Waals surface area contributed by atoms with E-state index in [1.807, 2.05) is 20.8 Å². The maximum atomic E-state index is 12.3. The fourth-order valence-electron chi connectivity index (χ4n) is 3.63. The van der Waals surface area contributed by atoms with Crippen LogP contribution in [0.3, 0.4) is 0 Å². The number of amides is 2. The van der Waals surface area contributed by atoms with Crippen molar-refractivity contribution < 1.29 is 28.5 Å². The predicted octanol–water partition coefficient (Wildman–Crippen LogP) is -0.666. The first-order valence-corrected chi connectivity index (χ1v) is 9.02. The highest BCUT2D eigenvalue weighted by Crippen LogP contribution is 2.38. The Bertz CT molecular complexity index is 557. The van der Waals surface area contributed by atoms with Gasteiger partial charge >= 0.3 is 11.8 Å². The molecule has 3 N–H and O–H groups in total. The van der Waals surface area contributed by atoms with Gasteiger partial charge in [0.25, 0.3) is 0 Å². The van der Waals surface area contributed by atoms with Crippen molar-refractivity contribution in [1.29, 1.82) is 0 Å². The molecule has 3 heterocycles. The maximum absolute atomic E-state index is 12.3. The Kier molecular flexibility index (Phi) is 5.28. The number of rotatable bonds is 3. The average molecular weight is 371 g/mol. The summed E-state index contributed by atoms with van der Waals surface area (Å²) < 4.78 is 22.7. The van der Waals surface area contributed by atoms with Gasteiger partial charge in [0.05, 0.1) is 0 Å². The molecule has 9 nitrogen and oxygen atoms in total. The number of nitrogens with two attached hydrogens (primary N) is 1.